The van der Waals surface area contributed by atoms with Crippen molar-refractivity contribution in [2.75, 3.05) is 25.1 Å². The van der Waals surface area contributed by atoms with Crippen LogP contribution in [0.25, 0.3) is 0 Å². The van der Waals surface area contributed by atoms with Crippen LogP contribution in [0.3, 0.4) is 0 Å². The molecule has 1 saturated heterocycles. The van der Waals surface area contributed by atoms with E-state index < -0.39 is 10.8 Å². The largest absolute Gasteiger partial charge is 0.314 e. The zero-order valence-electron chi connectivity index (χ0n) is 11.3. The summed E-state index contributed by atoms with van der Waals surface area (Å²) in [6, 6.07) is 1.26. The van der Waals surface area contributed by atoms with Crippen molar-refractivity contribution in [1.29, 1.82) is 0 Å². The molecule has 2 N–H and O–H groups in total. The van der Waals surface area contributed by atoms with Crippen molar-refractivity contribution in [3.05, 3.63) is 0 Å². The molecule has 102 valence electrons. The Hall–Kier alpha value is 0.0700. The summed E-state index contributed by atoms with van der Waals surface area (Å²) in [5, 5.41) is 7.16. The van der Waals surface area contributed by atoms with Gasteiger partial charge in [-0.3, -0.25) is 4.21 Å². The summed E-state index contributed by atoms with van der Waals surface area (Å²) in [6.45, 7) is 4.44. The monoisotopic (exact) mass is 260 g/mol. The van der Waals surface area contributed by atoms with Gasteiger partial charge in [-0.15, -0.1) is 0 Å². The standard InChI is InChI=1S/C13H28N2OS/c1-12(14-9-6-10-17(2)16)11-13-7-4-3-5-8-15-13/h12-15H,3-11H2,1-2H3. The Morgan fingerprint density at radius 2 is 2.24 bits per heavy atom. The topological polar surface area (TPSA) is 41.1 Å². The van der Waals surface area contributed by atoms with Gasteiger partial charge in [0.1, 0.15) is 0 Å². The molecular weight excluding hydrogens is 232 g/mol. The SMILES string of the molecule is CC(CC1CCCCCN1)NCCCS(C)=O. The van der Waals surface area contributed by atoms with E-state index in [0.29, 0.717) is 12.1 Å². The fraction of sp³-hybridized carbons (Fsp3) is 1.00. The average molecular weight is 260 g/mol. The van der Waals surface area contributed by atoms with Crippen LogP contribution in [0.2, 0.25) is 0 Å². The molecule has 1 aliphatic heterocycles. The second-order valence-electron chi connectivity index (χ2n) is 5.22. The molecule has 3 atom stereocenters. The van der Waals surface area contributed by atoms with Gasteiger partial charge in [0.15, 0.2) is 0 Å². The smallest absolute Gasteiger partial charge is 0.0244 e. The second kappa shape index (κ2) is 9.06. The van der Waals surface area contributed by atoms with Gasteiger partial charge in [0.05, 0.1) is 0 Å². The Balaban J connectivity index is 2.06. The maximum atomic E-state index is 10.9. The van der Waals surface area contributed by atoms with Crippen LogP contribution in [0.4, 0.5) is 0 Å². The van der Waals surface area contributed by atoms with Crippen molar-refractivity contribution >= 4 is 10.8 Å². The highest BCUT2D eigenvalue weighted by Crippen LogP contribution is 2.12. The molecule has 0 spiro atoms. The fourth-order valence-corrected chi connectivity index (χ4v) is 2.99. The first-order valence-corrected chi connectivity index (χ1v) is 8.68. The molecule has 1 rings (SSSR count). The maximum Gasteiger partial charge on any atom is 0.0244 e. The van der Waals surface area contributed by atoms with E-state index in [0.717, 1.165) is 18.7 Å². The van der Waals surface area contributed by atoms with Crippen molar-refractivity contribution in [2.45, 2.75) is 57.5 Å². The van der Waals surface area contributed by atoms with Gasteiger partial charge in [0.2, 0.25) is 0 Å². The van der Waals surface area contributed by atoms with E-state index in [-0.39, 0.29) is 0 Å². The molecule has 0 saturated carbocycles. The van der Waals surface area contributed by atoms with Crippen molar-refractivity contribution in [3.8, 4) is 0 Å². The zero-order valence-corrected chi connectivity index (χ0v) is 12.2. The molecule has 1 aliphatic rings. The molecule has 0 amide bonds. The van der Waals surface area contributed by atoms with Crippen molar-refractivity contribution in [1.82, 2.24) is 10.6 Å². The van der Waals surface area contributed by atoms with Crippen LogP contribution in [0.5, 0.6) is 0 Å². The first kappa shape index (κ1) is 15.1. The third kappa shape index (κ3) is 7.90. The number of hydrogen-bond acceptors (Lipinski definition) is 3. The zero-order chi connectivity index (χ0) is 12.5. The van der Waals surface area contributed by atoms with Gasteiger partial charge in [-0.1, -0.05) is 12.8 Å². The van der Waals surface area contributed by atoms with Gasteiger partial charge in [-0.25, -0.2) is 0 Å². The van der Waals surface area contributed by atoms with Crippen molar-refractivity contribution in [3.63, 3.8) is 0 Å². The van der Waals surface area contributed by atoms with Gasteiger partial charge in [-0.05, 0) is 45.7 Å². The minimum atomic E-state index is -0.641. The lowest BCUT2D eigenvalue weighted by Gasteiger charge is -2.21. The lowest BCUT2D eigenvalue weighted by molar-refractivity contribution is 0.404. The van der Waals surface area contributed by atoms with Crippen molar-refractivity contribution < 1.29 is 4.21 Å². The minimum Gasteiger partial charge on any atom is -0.314 e. The first-order valence-electron chi connectivity index (χ1n) is 6.95. The van der Waals surface area contributed by atoms with Crippen LogP contribution in [-0.4, -0.2) is 41.4 Å². The summed E-state index contributed by atoms with van der Waals surface area (Å²) in [5.74, 6) is 0.821. The maximum absolute atomic E-state index is 10.9. The molecule has 0 bridgehead atoms. The predicted molar refractivity (Wildman–Crippen MR) is 75.9 cm³/mol. The van der Waals surface area contributed by atoms with E-state index in [1.54, 1.807) is 6.26 Å². The predicted octanol–water partition coefficient (Wildman–Crippen LogP) is 1.66. The normalized spacial score (nSPS) is 25.2. The van der Waals surface area contributed by atoms with Crippen LogP contribution in [0.1, 0.15) is 45.4 Å². The molecule has 0 aromatic rings. The van der Waals surface area contributed by atoms with Crippen molar-refractivity contribution in [2.24, 2.45) is 0 Å². The summed E-state index contributed by atoms with van der Waals surface area (Å²) < 4.78 is 10.9. The Morgan fingerprint density at radius 1 is 1.41 bits per heavy atom. The molecule has 17 heavy (non-hydrogen) atoms. The highest BCUT2D eigenvalue weighted by Gasteiger charge is 2.14. The lowest BCUT2D eigenvalue weighted by atomic mass is 10.0. The molecule has 4 heteroatoms. The molecule has 1 heterocycles. The number of hydrogen-bond donors (Lipinski definition) is 2. The van der Waals surface area contributed by atoms with Gasteiger partial charge in [0.25, 0.3) is 0 Å². The molecular formula is C13H28N2OS. The quantitative estimate of drug-likeness (QED) is 0.684. The van der Waals surface area contributed by atoms with E-state index in [9.17, 15) is 4.21 Å². The van der Waals surface area contributed by atoms with Crippen LogP contribution in [0.15, 0.2) is 0 Å². The Bertz CT molecular complexity index is 215. The highest BCUT2D eigenvalue weighted by molar-refractivity contribution is 7.84. The summed E-state index contributed by atoms with van der Waals surface area (Å²) in [5.41, 5.74) is 0. The van der Waals surface area contributed by atoms with Gasteiger partial charge < -0.3 is 10.6 Å². The fourth-order valence-electron chi connectivity index (χ4n) is 2.44. The lowest BCUT2D eigenvalue weighted by Crippen LogP contribution is -2.37. The molecule has 1 fully saturated rings. The van der Waals surface area contributed by atoms with Crippen LogP contribution < -0.4 is 10.6 Å². The summed E-state index contributed by atoms with van der Waals surface area (Å²) >= 11 is 0. The van der Waals surface area contributed by atoms with E-state index in [2.05, 4.69) is 17.6 Å². The third-order valence-electron chi connectivity index (χ3n) is 3.40. The average Bonchev–Trinajstić information content (AvgIpc) is 2.53. The minimum absolute atomic E-state index is 0.566. The van der Waals surface area contributed by atoms with Crippen LogP contribution in [0, 0.1) is 0 Å². The second-order valence-corrected chi connectivity index (χ2v) is 6.78. The Morgan fingerprint density at radius 3 is 3.00 bits per heavy atom. The molecule has 0 aromatic carbocycles. The Kier molecular flexibility index (Phi) is 8.06. The molecule has 3 nitrogen and oxygen atoms in total. The highest BCUT2D eigenvalue weighted by atomic mass is 32.2. The van der Waals surface area contributed by atoms with Crippen LogP contribution >= 0.6 is 0 Å². The number of nitrogens with one attached hydrogen (secondary N) is 2. The van der Waals surface area contributed by atoms with Gasteiger partial charge >= 0.3 is 0 Å². The summed E-state index contributed by atoms with van der Waals surface area (Å²) in [6.07, 6.45) is 9.43. The summed E-state index contributed by atoms with van der Waals surface area (Å²) in [7, 11) is -0.641. The molecule has 0 radical (unpaired) electrons. The number of rotatable bonds is 7. The van der Waals surface area contributed by atoms with Crippen LogP contribution in [-0.2, 0) is 10.8 Å². The molecule has 3 unspecified atom stereocenters. The van der Waals surface area contributed by atoms with E-state index in [1.165, 1.54) is 38.6 Å². The Labute approximate surface area is 109 Å². The molecule has 0 aliphatic carbocycles. The van der Waals surface area contributed by atoms with Gasteiger partial charge in [0, 0.05) is 34.9 Å². The molecule has 0 aromatic heterocycles. The summed E-state index contributed by atoms with van der Waals surface area (Å²) in [4.78, 5) is 0. The van der Waals surface area contributed by atoms with Gasteiger partial charge in [-0.2, -0.15) is 0 Å². The third-order valence-corrected chi connectivity index (χ3v) is 4.27. The first-order chi connectivity index (χ1) is 8.18. The van der Waals surface area contributed by atoms with E-state index in [4.69, 9.17) is 0 Å². The van der Waals surface area contributed by atoms with E-state index in [1.807, 2.05) is 0 Å². The van der Waals surface area contributed by atoms with E-state index >= 15 is 0 Å².